The number of rotatable bonds is 9. The molecule has 52 heavy (non-hydrogen) atoms. The second-order valence-corrected chi connectivity index (χ2v) is 16.1. The molecule has 9 heteroatoms. The Kier molecular flexibility index (Phi) is 12.6. The molecule has 0 aromatic heterocycles. The van der Waals surface area contributed by atoms with Crippen molar-refractivity contribution in [2.45, 2.75) is 111 Å². The summed E-state index contributed by atoms with van der Waals surface area (Å²) in [5.74, 6) is -0.0143. The van der Waals surface area contributed by atoms with Crippen molar-refractivity contribution >= 4 is 23.4 Å². The molecule has 3 amide bonds. The van der Waals surface area contributed by atoms with E-state index in [4.69, 9.17) is 4.74 Å². The number of nitrogens with one attached hydrogen (secondary N) is 2. The van der Waals surface area contributed by atoms with E-state index in [0.717, 1.165) is 101 Å². The predicted molar refractivity (Wildman–Crippen MR) is 208 cm³/mol. The van der Waals surface area contributed by atoms with E-state index in [9.17, 15) is 14.4 Å². The topological polar surface area (TPSA) is 94.2 Å². The van der Waals surface area contributed by atoms with Crippen molar-refractivity contribution in [3.05, 3.63) is 53.1 Å². The standard InChI is InChI=1S/C43H63N5O4/c1-6-48(37-16-20-47(21-17-37)33(5)49)40-27-36(35-14-12-34(13-15-35)29-46-22-24-52-25-23-46)26-38(30(40)2)41(50)44-28-39-31(3)43(32(4)45-42(39)51)18-10-8-7-9-11-19-43/h12-15,26-27,31-32,37,39H,6-11,16-25,28-29H2,1-5H3,(H,44,50)(H,45,51). The van der Waals surface area contributed by atoms with E-state index in [0.29, 0.717) is 12.1 Å². The highest BCUT2D eigenvalue weighted by Crippen LogP contribution is 2.49. The van der Waals surface area contributed by atoms with Gasteiger partial charge in [0.25, 0.3) is 5.91 Å². The molecule has 1 aliphatic carbocycles. The Morgan fingerprint density at radius 1 is 0.942 bits per heavy atom. The quantitative estimate of drug-likeness (QED) is 0.306. The molecule has 6 rings (SSSR count). The Labute approximate surface area is 312 Å². The number of piperidine rings is 2. The van der Waals surface area contributed by atoms with Gasteiger partial charge in [-0.05, 0) is 92.2 Å². The molecule has 1 spiro atoms. The number of ether oxygens (including phenoxy) is 1. The average molecular weight is 714 g/mol. The lowest BCUT2D eigenvalue weighted by Gasteiger charge is -2.52. The van der Waals surface area contributed by atoms with E-state index in [1.165, 1.54) is 37.7 Å². The summed E-state index contributed by atoms with van der Waals surface area (Å²) >= 11 is 0. The van der Waals surface area contributed by atoms with Crippen molar-refractivity contribution < 1.29 is 19.1 Å². The minimum absolute atomic E-state index is 0.0605. The molecule has 284 valence electrons. The first-order chi connectivity index (χ1) is 25.1. The summed E-state index contributed by atoms with van der Waals surface area (Å²) in [5, 5.41) is 6.62. The average Bonchev–Trinajstić information content (AvgIpc) is 3.13. The largest absolute Gasteiger partial charge is 0.379 e. The molecule has 0 bridgehead atoms. The van der Waals surface area contributed by atoms with Crippen LogP contribution in [0.4, 0.5) is 5.69 Å². The monoisotopic (exact) mass is 713 g/mol. The van der Waals surface area contributed by atoms with E-state index in [1.54, 1.807) is 6.92 Å². The molecular weight excluding hydrogens is 651 g/mol. The van der Waals surface area contributed by atoms with Gasteiger partial charge in [-0.3, -0.25) is 19.3 Å². The zero-order valence-electron chi connectivity index (χ0n) is 32.5. The number of anilines is 1. The molecule has 2 aromatic rings. The van der Waals surface area contributed by atoms with Crippen molar-refractivity contribution in [3.63, 3.8) is 0 Å². The molecule has 3 unspecified atom stereocenters. The van der Waals surface area contributed by atoms with Crippen LogP contribution in [0.1, 0.15) is 107 Å². The van der Waals surface area contributed by atoms with Gasteiger partial charge in [0, 0.05) is 76.1 Å². The summed E-state index contributed by atoms with van der Waals surface area (Å²) in [5.41, 5.74) is 6.09. The number of hydrogen-bond donors (Lipinski definition) is 2. The van der Waals surface area contributed by atoms with Gasteiger partial charge in [0.15, 0.2) is 0 Å². The molecular formula is C43H63N5O4. The summed E-state index contributed by atoms with van der Waals surface area (Å²) in [6, 6.07) is 13.5. The van der Waals surface area contributed by atoms with Crippen molar-refractivity contribution in [2.24, 2.45) is 17.3 Å². The molecule has 2 aromatic carbocycles. The molecule has 0 radical (unpaired) electrons. The molecule has 3 heterocycles. The van der Waals surface area contributed by atoms with E-state index in [2.05, 4.69) is 78.5 Å². The minimum atomic E-state index is -0.264. The van der Waals surface area contributed by atoms with Gasteiger partial charge in [-0.1, -0.05) is 63.3 Å². The van der Waals surface area contributed by atoms with Crippen LogP contribution in [0.15, 0.2) is 36.4 Å². The second-order valence-electron chi connectivity index (χ2n) is 16.1. The summed E-state index contributed by atoms with van der Waals surface area (Å²) in [4.78, 5) is 46.8. The van der Waals surface area contributed by atoms with Crippen LogP contribution in [0, 0.1) is 24.2 Å². The number of nitrogens with zero attached hydrogens (tertiary/aromatic N) is 3. The van der Waals surface area contributed by atoms with E-state index >= 15 is 0 Å². The van der Waals surface area contributed by atoms with Crippen LogP contribution in [0.3, 0.4) is 0 Å². The fraction of sp³-hybridized carbons (Fsp3) is 0.651. The Morgan fingerprint density at radius 2 is 1.60 bits per heavy atom. The van der Waals surface area contributed by atoms with Crippen LogP contribution in [-0.4, -0.2) is 92.1 Å². The van der Waals surface area contributed by atoms with Gasteiger partial charge in [-0.15, -0.1) is 0 Å². The molecule has 2 N–H and O–H groups in total. The number of hydrogen-bond acceptors (Lipinski definition) is 6. The van der Waals surface area contributed by atoms with Crippen LogP contribution in [0.25, 0.3) is 11.1 Å². The third-order valence-corrected chi connectivity index (χ3v) is 13.3. The lowest BCUT2D eigenvalue weighted by atomic mass is 9.58. The second kappa shape index (κ2) is 17.1. The summed E-state index contributed by atoms with van der Waals surface area (Å²) in [7, 11) is 0. The van der Waals surface area contributed by atoms with Crippen molar-refractivity contribution in [1.82, 2.24) is 20.4 Å². The molecule has 3 aliphatic heterocycles. The third kappa shape index (κ3) is 8.36. The van der Waals surface area contributed by atoms with Crippen LogP contribution in [0.5, 0.6) is 0 Å². The smallest absolute Gasteiger partial charge is 0.251 e. The fourth-order valence-electron chi connectivity index (χ4n) is 9.84. The van der Waals surface area contributed by atoms with Gasteiger partial charge in [0.05, 0.1) is 19.1 Å². The molecule has 1 saturated carbocycles. The molecule has 4 fully saturated rings. The Hall–Kier alpha value is -3.43. The Balaban J connectivity index is 1.27. The first-order valence-corrected chi connectivity index (χ1v) is 20.3. The first kappa shape index (κ1) is 38.3. The maximum atomic E-state index is 14.3. The van der Waals surface area contributed by atoms with Crippen LogP contribution in [-0.2, 0) is 20.9 Å². The van der Waals surface area contributed by atoms with E-state index in [1.807, 2.05) is 11.0 Å². The Bertz CT molecular complexity index is 1540. The number of likely N-dealkylation sites (tertiary alicyclic amines) is 1. The molecule has 9 nitrogen and oxygen atoms in total. The third-order valence-electron chi connectivity index (χ3n) is 13.3. The van der Waals surface area contributed by atoms with Crippen molar-refractivity contribution in [3.8, 4) is 11.1 Å². The maximum Gasteiger partial charge on any atom is 0.251 e. The summed E-state index contributed by atoms with van der Waals surface area (Å²) in [6.45, 7) is 17.3. The van der Waals surface area contributed by atoms with Crippen molar-refractivity contribution in [2.75, 3.05) is 57.4 Å². The minimum Gasteiger partial charge on any atom is -0.379 e. The van der Waals surface area contributed by atoms with Gasteiger partial charge in [-0.2, -0.15) is 0 Å². The lowest BCUT2D eigenvalue weighted by molar-refractivity contribution is -0.137. The SMILES string of the molecule is CCN(c1cc(-c2ccc(CN3CCOCC3)cc2)cc(C(=O)NCC2C(=O)NC(C)C3(CCCCCCC3)C2C)c1C)C1CCN(C(C)=O)CC1. The normalized spacial score (nSPS) is 24.5. The van der Waals surface area contributed by atoms with Gasteiger partial charge < -0.3 is 25.2 Å². The Morgan fingerprint density at radius 3 is 2.23 bits per heavy atom. The highest BCUT2D eigenvalue weighted by molar-refractivity contribution is 5.99. The van der Waals surface area contributed by atoms with Crippen LogP contribution >= 0.6 is 0 Å². The fourth-order valence-corrected chi connectivity index (χ4v) is 9.84. The highest BCUT2D eigenvalue weighted by Gasteiger charge is 2.50. The highest BCUT2D eigenvalue weighted by atomic mass is 16.5. The summed E-state index contributed by atoms with van der Waals surface area (Å²) in [6.07, 6.45) is 10.3. The number of carbonyl (C=O) groups excluding carboxylic acids is 3. The number of amides is 3. The first-order valence-electron chi connectivity index (χ1n) is 20.3. The van der Waals surface area contributed by atoms with Gasteiger partial charge in [0.2, 0.25) is 11.8 Å². The number of morpholine rings is 1. The van der Waals surface area contributed by atoms with Gasteiger partial charge in [-0.25, -0.2) is 0 Å². The number of carbonyl (C=O) groups is 3. The summed E-state index contributed by atoms with van der Waals surface area (Å²) < 4.78 is 5.54. The predicted octanol–water partition coefficient (Wildman–Crippen LogP) is 6.56. The van der Waals surface area contributed by atoms with Gasteiger partial charge in [0.1, 0.15) is 0 Å². The zero-order chi connectivity index (χ0) is 36.8. The van der Waals surface area contributed by atoms with Crippen LogP contribution < -0.4 is 15.5 Å². The number of benzene rings is 2. The van der Waals surface area contributed by atoms with E-state index < -0.39 is 0 Å². The molecule has 3 saturated heterocycles. The van der Waals surface area contributed by atoms with Crippen LogP contribution in [0.2, 0.25) is 0 Å². The lowest BCUT2D eigenvalue weighted by Crippen LogP contribution is -2.61. The molecule has 3 atom stereocenters. The van der Waals surface area contributed by atoms with Crippen molar-refractivity contribution in [1.29, 1.82) is 0 Å². The maximum absolute atomic E-state index is 14.3. The van der Waals surface area contributed by atoms with E-state index in [-0.39, 0.29) is 47.1 Å². The van der Waals surface area contributed by atoms with Gasteiger partial charge >= 0.3 is 0 Å². The zero-order valence-corrected chi connectivity index (χ0v) is 32.5. The molecule has 4 aliphatic rings.